The monoisotopic (exact) mass is 183 g/mol. The van der Waals surface area contributed by atoms with Crippen molar-refractivity contribution in [3.63, 3.8) is 0 Å². The number of rotatable bonds is 7. The Kier molecular flexibility index (Phi) is 6.51. The van der Waals surface area contributed by atoms with Gasteiger partial charge in [0.1, 0.15) is 0 Å². The molecule has 0 heterocycles. The SMILES string of the molecule is C=C(C)C(=O)CCCCCC(C)N. The lowest BCUT2D eigenvalue weighted by Crippen LogP contribution is -2.13. The third kappa shape index (κ3) is 7.72. The number of hydrogen-bond donors (Lipinski definition) is 1. The van der Waals surface area contributed by atoms with E-state index in [2.05, 4.69) is 6.58 Å². The number of carbonyl (C=O) groups is 1. The summed E-state index contributed by atoms with van der Waals surface area (Å²) in [5.41, 5.74) is 6.27. The van der Waals surface area contributed by atoms with E-state index in [0.717, 1.165) is 25.7 Å². The smallest absolute Gasteiger partial charge is 0.157 e. The number of unbranched alkanes of at least 4 members (excludes halogenated alkanes) is 2. The molecule has 76 valence electrons. The maximum atomic E-state index is 11.1. The summed E-state index contributed by atoms with van der Waals surface area (Å²) < 4.78 is 0. The number of Topliss-reactive ketones (excluding diaryl/α,β-unsaturated/α-hetero) is 1. The first-order chi connectivity index (χ1) is 6.04. The van der Waals surface area contributed by atoms with Crippen LogP contribution in [-0.4, -0.2) is 11.8 Å². The van der Waals surface area contributed by atoms with Gasteiger partial charge in [-0.3, -0.25) is 4.79 Å². The van der Waals surface area contributed by atoms with Gasteiger partial charge in [-0.05, 0) is 32.3 Å². The van der Waals surface area contributed by atoms with Gasteiger partial charge in [0, 0.05) is 12.5 Å². The molecule has 0 bridgehead atoms. The molecule has 0 aromatic rings. The van der Waals surface area contributed by atoms with E-state index in [9.17, 15) is 4.79 Å². The predicted octanol–water partition coefficient (Wildman–Crippen LogP) is 2.43. The fourth-order valence-corrected chi connectivity index (χ4v) is 1.14. The van der Waals surface area contributed by atoms with E-state index >= 15 is 0 Å². The second-order valence-corrected chi connectivity index (χ2v) is 3.78. The first-order valence-electron chi connectivity index (χ1n) is 4.98. The summed E-state index contributed by atoms with van der Waals surface area (Å²) in [7, 11) is 0. The highest BCUT2D eigenvalue weighted by Gasteiger charge is 2.01. The molecule has 0 aliphatic rings. The van der Waals surface area contributed by atoms with Gasteiger partial charge in [0.2, 0.25) is 0 Å². The molecule has 0 saturated carbocycles. The highest BCUT2D eigenvalue weighted by Crippen LogP contribution is 2.07. The van der Waals surface area contributed by atoms with Crippen molar-refractivity contribution < 1.29 is 4.79 Å². The van der Waals surface area contributed by atoms with Gasteiger partial charge >= 0.3 is 0 Å². The predicted molar refractivity (Wildman–Crippen MR) is 56.6 cm³/mol. The third-order valence-electron chi connectivity index (χ3n) is 2.04. The highest BCUT2D eigenvalue weighted by atomic mass is 16.1. The van der Waals surface area contributed by atoms with E-state index in [1.807, 2.05) is 6.92 Å². The van der Waals surface area contributed by atoms with Crippen LogP contribution in [0.2, 0.25) is 0 Å². The van der Waals surface area contributed by atoms with Crippen molar-refractivity contribution >= 4 is 5.78 Å². The van der Waals surface area contributed by atoms with Crippen LogP contribution in [0.5, 0.6) is 0 Å². The molecule has 0 radical (unpaired) electrons. The molecule has 0 fully saturated rings. The Bertz CT molecular complexity index is 173. The fourth-order valence-electron chi connectivity index (χ4n) is 1.14. The molecular formula is C11H21NO. The van der Waals surface area contributed by atoms with Gasteiger partial charge in [-0.2, -0.15) is 0 Å². The highest BCUT2D eigenvalue weighted by molar-refractivity contribution is 5.93. The first kappa shape index (κ1) is 12.4. The van der Waals surface area contributed by atoms with Crippen molar-refractivity contribution in [2.75, 3.05) is 0 Å². The van der Waals surface area contributed by atoms with Gasteiger partial charge in [0.25, 0.3) is 0 Å². The zero-order valence-electron chi connectivity index (χ0n) is 8.81. The summed E-state index contributed by atoms with van der Waals surface area (Å²) in [5, 5.41) is 0. The molecule has 13 heavy (non-hydrogen) atoms. The lowest BCUT2D eigenvalue weighted by molar-refractivity contribution is -0.115. The van der Waals surface area contributed by atoms with E-state index in [-0.39, 0.29) is 11.8 Å². The van der Waals surface area contributed by atoms with Crippen molar-refractivity contribution in [3.8, 4) is 0 Å². The summed E-state index contributed by atoms with van der Waals surface area (Å²) in [6.07, 6.45) is 4.90. The Morgan fingerprint density at radius 2 is 2.00 bits per heavy atom. The summed E-state index contributed by atoms with van der Waals surface area (Å²) in [6, 6.07) is 0.289. The molecule has 0 amide bonds. The lowest BCUT2D eigenvalue weighted by Gasteiger charge is -2.03. The average Bonchev–Trinajstić information content (AvgIpc) is 2.02. The molecule has 0 saturated heterocycles. The van der Waals surface area contributed by atoms with Crippen LogP contribution in [0.3, 0.4) is 0 Å². The van der Waals surface area contributed by atoms with Crippen molar-refractivity contribution in [3.05, 3.63) is 12.2 Å². The number of hydrogen-bond acceptors (Lipinski definition) is 2. The van der Waals surface area contributed by atoms with Gasteiger partial charge in [-0.1, -0.05) is 19.4 Å². The molecule has 0 aromatic carbocycles. The second kappa shape index (κ2) is 6.84. The van der Waals surface area contributed by atoms with E-state index in [0.29, 0.717) is 12.0 Å². The molecule has 0 rings (SSSR count). The summed E-state index contributed by atoms with van der Waals surface area (Å²) in [6.45, 7) is 7.39. The van der Waals surface area contributed by atoms with Crippen LogP contribution >= 0.6 is 0 Å². The molecule has 0 aromatic heterocycles. The zero-order chi connectivity index (χ0) is 10.3. The maximum Gasteiger partial charge on any atom is 0.157 e. The molecule has 2 N–H and O–H groups in total. The van der Waals surface area contributed by atoms with E-state index in [1.165, 1.54) is 0 Å². The molecular weight excluding hydrogens is 162 g/mol. The van der Waals surface area contributed by atoms with Gasteiger partial charge in [-0.15, -0.1) is 0 Å². The van der Waals surface area contributed by atoms with Crippen LogP contribution in [0.1, 0.15) is 46.0 Å². The molecule has 2 nitrogen and oxygen atoms in total. The largest absolute Gasteiger partial charge is 0.328 e. The molecule has 0 spiro atoms. The minimum absolute atomic E-state index is 0.195. The van der Waals surface area contributed by atoms with Crippen LogP contribution in [-0.2, 0) is 4.79 Å². The number of nitrogens with two attached hydrogens (primary N) is 1. The Morgan fingerprint density at radius 1 is 1.38 bits per heavy atom. The minimum atomic E-state index is 0.195. The number of allylic oxidation sites excluding steroid dienone is 1. The molecule has 1 atom stereocenters. The maximum absolute atomic E-state index is 11.1. The van der Waals surface area contributed by atoms with Crippen LogP contribution < -0.4 is 5.73 Å². The van der Waals surface area contributed by atoms with E-state index < -0.39 is 0 Å². The molecule has 1 unspecified atom stereocenters. The Morgan fingerprint density at radius 3 is 2.46 bits per heavy atom. The number of carbonyl (C=O) groups excluding carboxylic acids is 1. The first-order valence-corrected chi connectivity index (χ1v) is 4.98. The van der Waals surface area contributed by atoms with Gasteiger partial charge < -0.3 is 5.73 Å². The lowest BCUT2D eigenvalue weighted by atomic mass is 10.0. The van der Waals surface area contributed by atoms with Gasteiger partial charge in [0.15, 0.2) is 5.78 Å². The summed E-state index contributed by atoms with van der Waals surface area (Å²) in [5.74, 6) is 0.195. The molecule has 0 aliphatic heterocycles. The normalized spacial score (nSPS) is 12.5. The summed E-state index contributed by atoms with van der Waals surface area (Å²) >= 11 is 0. The van der Waals surface area contributed by atoms with Crippen molar-refractivity contribution in [1.82, 2.24) is 0 Å². The van der Waals surface area contributed by atoms with E-state index in [1.54, 1.807) is 6.92 Å². The minimum Gasteiger partial charge on any atom is -0.328 e. The van der Waals surface area contributed by atoms with Gasteiger partial charge in [-0.25, -0.2) is 0 Å². The Balaban J connectivity index is 3.26. The van der Waals surface area contributed by atoms with Crippen LogP contribution in [0.4, 0.5) is 0 Å². The second-order valence-electron chi connectivity index (χ2n) is 3.78. The van der Waals surface area contributed by atoms with E-state index in [4.69, 9.17) is 5.73 Å². The van der Waals surface area contributed by atoms with Crippen LogP contribution in [0, 0.1) is 0 Å². The fraction of sp³-hybridized carbons (Fsp3) is 0.727. The summed E-state index contributed by atoms with van der Waals surface area (Å²) in [4.78, 5) is 11.1. The van der Waals surface area contributed by atoms with Gasteiger partial charge in [0.05, 0.1) is 0 Å². The van der Waals surface area contributed by atoms with Crippen molar-refractivity contribution in [1.29, 1.82) is 0 Å². The van der Waals surface area contributed by atoms with Crippen molar-refractivity contribution in [2.45, 2.75) is 52.0 Å². The third-order valence-corrected chi connectivity index (χ3v) is 2.04. The topological polar surface area (TPSA) is 43.1 Å². The van der Waals surface area contributed by atoms with Crippen LogP contribution in [0.25, 0.3) is 0 Å². The van der Waals surface area contributed by atoms with Crippen LogP contribution in [0.15, 0.2) is 12.2 Å². The zero-order valence-corrected chi connectivity index (χ0v) is 8.81. The number of ketones is 1. The Labute approximate surface area is 81.2 Å². The average molecular weight is 183 g/mol. The Hall–Kier alpha value is -0.630. The quantitative estimate of drug-likeness (QED) is 0.486. The molecule has 0 aliphatic carbocycles. The standard InChI is InChI=1S/C11H21NO/c1-9(2)11(13)8-6-4-5-7-10(3)12/h10H,1,4-8,12H2,2-3H3. The van der Waals surface area contributed by atoms with Crippen molar-refractivity contribution in [2.24, 2.45) is 5.73 Å². The molecule has 2 heteroatoms.